The lowest BCUT2D eigenvalue weighted by Gasteiger charge is -2.51. The molecule has 3 atom stereocenters. The molecule has 0 radical (unpaired) electrons. The van der Waals surface area contributed by atoms with Crippen LogP contribution < -0.4 is 0 Å². The zero-order valence-electron chi connectivity index (χ0n) is 20.9. The number of carboxylic acid groups (broad SMARTS) is 1. The number of aliphatic carboxylic acids is 1. The van der Waals surface area contributed by atoms with E-state index in [1.807, 2.05) is 29.5 Å². The Labute approximate surface area is 242 Å². The van der Waals surface area contributed by atoms with Gasteiger partial charge in [-0.2, -0.15) is 0 Å². The summed E-state index contributed by atoms with van der Waals surface area (Å²) in [5.41, 5.74) is 2.76. The molecule has 4 aromatic rings. The van der Waals surface area contributed by atoms with Gasteiger partial charge in [-0.05, 0) is 30.2 Å². The lowest BCUT2D eigenvalue weighted by Crippen LogP contribution is -2.70. The number of carbonyl (C=O) groups excluding carboxylic acids is 2. The fourth-order valence-electron chi connectivity index (χ4n) is 4.99. The summed E-state index contributed by atoms with van der Waals surface area (Å²) in [6.45, 7) is 3.22. The fourth-order valence-corrected chi connectivity index (χ4v) is 8.51. The second kappa shape index (κ2) is 9.42. The first kappa shape index (κ1) is 26.5. The van der Waals surface area contributed by atoms with E-state index in [1.54, 1.807) is 18.3 Å². The number of imidazole rings is 1. The molecule has 1 N–H and O–H groups in total. The van der Waals surface area contributed by atoms with E-state index < -0.39 is 38.6 Å². The summed E-state index contributed by atoms with van der Waals surface area (Å²) in [6, 6.07) is 11.8. The van der Waals surface area contributed by atoms with Crippen molar-refractivity contribution in [3.8, 4) is 0 Å². The van der Waals surface area contributed by atoms with Crippen molar-refractivity contribution in [2.24, 2.45) is 0 Å². The Morgan fingerprint density at radius 2 is 2.00 bits per heavy atom. The number of β-lactam (4-membered cyclic amide) rings is 1. The van der Waals surface area contributed by atoms with Gasteiger partial charge in [0.25, 0.3) is 11.6 Å². The number of halogens is 1. The van der Waals surface area contributed by atoms with Gasteiger partial charge in [-0.15, -0.1) is 11.8 Å². The molecule has 11 nitrogen and oxygen atoms in total. The second-order valence-corrected chi connectivity index (χ2v) is 13.0. The molecule has 1 fully saturated rings. The Balaban J connectivity index is 1.36. The third kappa shape index (κ3) is 4.00. The molecule has 4 heterocycles. The zero-order chi connectivity index (χ0) is 28.5. The third-order valence-corrected chi connectivity index (χ3v) is 10.8. The number of thiazole rings is 1. The lowest BCUT2D eigenvalue weighted by molar-refractivity contribution is -0.384. The molecule has 0 spiro atoms. The van der Waals surface area contributed by atoms with Crippen LogP contribution in [0.25, 0.3) is 15.2 Å². The summed E-state index contributed by atoms with van der Waals surface area (Å²) in [7, 11) is 0. The number of aromatic nitrogens is 2. The number of thioether (sulfide) groups is 1. The standard InChI is InChI=1S/C26H19BrN4O7S2/c1-12-3-8-18-17(9-12)29-11-16(28-25(29)40-18)21(38-13(2)32)26(27)23(35)30-20(22(33)34)19(39-24(26)30)10-14-4-6-15(7-5-14)31(36)37/h3-9,11,21,24H,10H2,1-2H3,(H,33,34). The number of carbonyl (C=O) groups is 3. The van der Waals surface area contributed by atoms with Gasteiger partial charge in [0.1, 0.15) is 16.8 Å². The van der Waals surface area contributed by atoms with E-state index in [-0.39, 0.29) is 17.8 Å². The molecular weight excluding hydrogens is 624 g/mol. The molecule has 2 aliphatic rings. The number of allylic oxidation sites excluding steroid dienone is 1. The van der Waals surface area contributed by atoms with E-state index in [1.165, 1.54) is 47.1 Å². The van der Waals surface area contributed by atoms with Crippen LogP contribution in [-0.4, -0.2) is 51.9 Å². The molecule has 14 heteroatoms. The minimum atomic E-state index is -1.48. The lowest BCUT2D eigenvalue weighted by atomic mass is 9.88. The van der Waals surface area contributed by atoms with Crippen molar-refractivity contribution in [2.75, 3.05) is 0 Å². The van der Waals surface area contributed by atoms with E-state index >= 15 is 0 Å². The smallest absolute Gasteiger partial charge is 0.353 e. The van der Waals surface area contributed by atoms with Crippen LogP contribution in [0.2, 0.25) is 0 Å². The number of nitro benzene ring substituents is 1. The number of amides is 1. The van der Waals surface area contributed by atoms with Gasteiger partial charge in [0, 0.05) is 36.6 Å². The number of benzene rings is 2. The van der Waals surface area contributed by atoms with Crippen LogP contribution in [0.1, 0.15) is 29.8 Å². The summed E-state index contributed by atoms with van der Waals surface area (Å²) in [5, 5.41) is 20.3. The molecule has 0 bridgehead atoms. The number of esters is 1. The Bertz CT molecular complexity index is 1800. The Kier molecular flexibility index (Phi) is 6.23. The highest BCUT2D eigenvalue weighted by Crippen LogP contribution is 2.60. The topological polar surface area (TPSA) is 144 Å². The van der Waals surface area contributed by atoms with Crippen molar-refractivity contribution < 1.29 is 29.2 Å². The number of aryl methyl sites for hydroxylation is 1. The Hall–Kier alpha value is -3.75. The molecule has 204 valence electrons. The van der Waals surface area contributed by atoms with Gasteiger partial charge in [0.15, 0.2) is 15.4 Å². The largest absolute Gasteiger partial charge is 0.477 e. The predicted molar refractivity (Wildman–Crippen MR) is 151 cm³/mol. The predicted octanol–water partition coefficient (Wildman–Crippen LogP) is 4.96. The number of fused-ring (bicyclic) bond motifs is 4. The van der Waals surface area contributed by atoms with Gasteiger partial charge in [-0.1, -0.05) is 45.5 Å². The molecule has 0 saturated carbocycles. The zero-order valence-corrected chi connectivity index (χ0v) is 24.1. The highest BCUT2D eigenvalue weighted by Gasteiger charge is 2.70. The summed E-state index contributed by atoms with van der Waals surface area (Å²) >= 11 is 6.20. The SMILES string of the molecule is CC(=O)OC(c1cn2c(n1)sc1ccc(C)cc12)C1(Br)C(=O)N2C(C(=O)O)=C(Cc3ccc([N+](=O)[O-])cc3)SC21. The molecule has 2 aromatic carbocycles. The number of non-ortho nitro benzene ring substituents is 1. The van der Waals surface area contributed by atoms with Crippen molar-refractivity contribution in [3.05, 3.63) is 86.2 Å². The normalized spacial score (nSPS) is 21.0. The van der Waals surface area contributed by atoms with Gasteiger partial charge < -0.3 is 9.84 Å². The number of hydrogen-bond donors (Lipinski definition) is 1. The number of rotatable bonds is 7. The van der Waals surface area contributed by atoms with E-state index in [0.717, 1.165) is 15.8 Å². The maximum absolute atomic E-state index is 13.7. The van der Waals surface area contributed by atoms with Gasteiger partial charge in [-0.3, -0.25) is 29.0 Å². The van der Waals surface area contributed by atoms with Crippen LogP contribution in [0.5, 0.6) is 0 Å². The molecule has 3 unspecified atom stereocenters. The van der Waals surface area contributed by atoms with Crippen LogP contribution in [0.15, 0.2) is 59.3 Å². The fraction of sp³-hybridized carbons (Fsp3) is 0.231. The molecule has 1 saturated heterocycles. The monoisotopic (exact) mass is 642 g/mol. The minimum absolute atomic E-state index is 0.0825. The number of nitro groups is 1. The quantitative estimate of drug-likeness (QED) is 0.0972. The van der Waals surface area contributed by atoms with Gasteiger partial charge in [0.05, 0.1) is 15.1 Å². The van der Waals surface area contributed by atoms with Crippen LogP contribution in [0.3, 0.4) is 0 Å². The maximum Gasteiger partial charge on any atom is 0.353 e. The minimum Gasteiger partial charge on any atom is -0.477 e. The molecule has 1 amide bonds. The average Bonchev–Trinajstić information content (AvgIpc) is 3.57. The van der Waals surface area contributed by atoms with Crippen molar-refractivity contribution in [2.45, 2.75) is 36.1 Å². The summed E-state index contributed by atoms with van der Waals surface area (Å²) in [5.74, 6) is -2.46. The highest BCUT2D eigenvalue weighted by atomic mass is 79.9. The molecule has 40 heavy (non-hydrogen) atoms. The molecular formula is C26H19BrN4O7S2. The van der Waals surface area contributed by atoms with Crippen molar-refractivity contribution in [3.63, 3.8) is 0 Å². The second-order valence-electron chi connectivity index (χ2n) is 9.47. The van der Waals surface area contributed by atoms with Gasteiger partial charge in [0.2, 0.25) is 0 Å². The van der Waals surface area contributed by atoms with Gasteiger partial charge in [-0.25, -0.2) is 9.78 Å². The summed E-state index contributed by atoms with van der Waals surface area (Å²) in [6.07, 6.45) is 0.757. The first-order valence-electron chi connectivity index (χ1n) is 11.9. The summed E-state index contributed by atoms with van der Waals surface area (Å²) < 4.78 is 7.13. The summed E-state index contributed by atoms with van der Waals surface area (Å²) in [4.78, 5) is 55.6. The molecule has 6 rings (SSSR count). The third-order valence-electron chi connectivity index (χ3n) is 6.82. The van der Waals surface area contributed by atoms with Crippen molar-refractivity contribution in [1.82, 2.24) is 14.3 Å². The van der Waals surface area contributed by atoms with E-state index in [0.29, 0.717) is 21.1 Å². The van der Waals surface area contributed by atoms with Crippen LogP contribution >= 0.6 is 39.0 Å². The molecule has 2 aliphatic heterocycles. The number of alkyl halides is 1. The molecule has 2 aromatic heterocycles. The van der Waals surface area contributed by atoms with Crippen molar-refractivity contribution >= 4 is 77.7 Å². The van der Waals surface area contributed by atoms with E-state index in [2.05, 4.69) is 15.9 Å². The first-order valence-corrected chi connectivity index (χ1v) is 14.4. The number of ether oxygens (including phenoxy) is 1. The Morgan fingerprint density at radius 1 is 1.27 bits per heavy atom. The van der Waals surface area contributed by atoms with Crippen LogP contribution in [-0.2, 0) is 25.5 Å². The first-order chi connectivity index (χ1) is 19.0. The van der Waals surface area contributed by atoms with Crippen LogP contribution in [0, 0.1) is 17.0 Å². The van der Waals surface area contributed by atoms with E-state index in [9.17, 15) is 29.6 Å². The number of nitrogens with zero attached hydrogens (tertiary/aromatic N) is 4. The molecule has 0 aliphatic carbocycles. The average molecular weight is 643 g/mol. The number of hydrogen-bond acceptors (Lipinski definition) is 9. The number of carboxylic acids is 1. The van der Waals surface area contributed by atoms with Gasteiger partial charge >= 0.3 is 11.9 Å². The Morgan fingerprint density at radius 3 is 2.65 bits per heavy atom. The van der Waals surface area contributed by atoms with Crippen LogP contribution in [0.4, 0.5) is 5.69 Å². The maximum atomic E-state index is 13.7. The van der Waals surface area contributed by atoms with E-state index in [4.69, 9.17) is 9.72 Å². The highest BCUT2D eigenvalue weighted by molar-refractivity contribution is 9.10. The van der Waals surface area contributed by atoms with Crippen molar-refractivity contribution in [1.29, 1.82) is 0 Å².